The summed E-state index contributed by atoms with van der Waals surface area (Å²) in [5.41, 5.74) is 0.657. The Labute approximate surface area is 111 Å². The van der Waals surface area contributed by atoms with E-state index in [0.717, 1.165) is 0 Å². The van der Waals surface area contributed by atoms with E-state index in [1.807, 2.05) is 0 Å². The zero-order chi connectivity index (χ0) is 13.8. The second kappa shape index (κ2) is 5.84. The minimum absolute atomic E-state index is 0.0276. The Hall–Kier alpha value is -1.88. The highest BCUT2D eigenvalue weighted by Crippen LogP contribution is 2.18. The van der Waals surface area contributed by atoms with E-state index in [9.17, 15) is 9.59 Å². The maximum absolute atomic E-state index is 11.4. The molecular weight excluding hydrogens is 246 g/mol. The lowest BCUT2D eigenvalue weighted by Gasteiger charge is -2.12. The lowest BCUT2D eigenvalue weighted by molar-refractivity contribution is -0.142. The van der Waals surface area contributed by atoms with Crippen molar-refractivity contribution in [3.63, 3.8) is 0 Å². The van der Waals surface area contributed by atoms with E-state index in [0.29, 0.717) is 24.3 Å². The van der Waals surface area contributed by atoms with Gasteiger partial charge in [-0.15, -0.1) is 0 Å². The highest BCUT2D eigenvalue weighted by atomic mass is 16.5. The molecule has 2 unspecified atom stereocenters. The van der Waals surface area contributed by atoms with Gasteiger partial charge in [-0.05, 0) is 31.2 Å². The van der Waals surface area contributed by atoms with Crippen LogP contribution in [0.4, 0.5) is 0 Å². The third kappa shape index (κ3) is 3.32. The van der Waals surface area contributed by atoms with Crippen molar-refractivity contribution in [1.29, 1.82) is 0 Å². The van der Waals surface area contributed by atoms with Gasteiger partial charge in [0.05, 0.1) is 7.11 Å². The van der Waals surface area contributed by atoms with Crippen LogP contribution in [0.2, 0.25) is 0 Å². The average molecular weight is 263 g/mol. The average Bonchev–Trinajstić information content (AvgIpc) is 2.87. The Morgan fingerprint density at radius 3 is 2.53 bits per heavy atom. The zero-order valence-electron chi connectivity index (χ0n) is 11.0. The summed E-state index contributed by atoms with van der Waals surface area (Å²) in [6, 6.07) is 6.70. The molecule has 0 radical (unpaired) electrons. The molecule has 102 valence electrons. The summed E-state index contributed by atoms with van der Waals surface area (Å²) in [6.45, 7) is 2.13. The standard InChI is InChI=1S/C14H17NO4/c1-9(16)10-3-5-11(6-4-10)19-12-7-13(15-8-12)14(17)18-2/h3-6,12-13,15H,7-8H2,1-2H3. The van der Waals surface area contributed by atoms with E-state index in [1.165, 1.54) is 14.0 Å². The number of carbonyl (C=O) groups excluding carboxylic acids is 2. The highest BCUT2D eigenvalue weighted by molar-refractivity contribution is 5.94. The van der Waals surface area contributed by atoms with E-state index in [4.69, 9.17) is 4.74 Å². The highest BCUT2D eigenvalue weighted by Gasteiger charge is 2.31. The van der Waals surface area contributed by atoms with Gasteiger partial charge in [0, 0.05) is 18.5 Å². The number of rotatable bonds is 4. The molecule has 1 heterocycles. The van der Waals surface area contributed by atoms with Gasteiger partial charge in [-0.1, -0.05) is 0 Å². The summed E-state index contributed by atoms with van der Waals surface area (Å²) in [6.07, 6.45) is 0.522. The molecule has 19 heavy (non-hydrogen) atoms. The summed E-state index contributed by atoms with van der Waals surface area (Å²) in [4.78, 5) is 22.5. The molecule has 1 aromatic rings. The number of carbonyl (C=O) groups is 2. The first-order valence-corrected chi connectivity index (χ1v) is 6.19. The number of ketones is 1. The Bertz CT molecular complexity index is 469. The van der Waals surface area contributed by atoms with Crippen molar-refractivity contribution >= 4 is 11.8 Å². The monoisotopic (exact) mass is 263 g/mol. The summed E-state index contributed by atoms with van der Waals surface area (Å²) >= 11 is 0. The molecular formula is C14H17NO4. The van der Waals surface area contributed by atoms with Crippen molar-refractivity contribution in [2.45, 2.75) is 25.5 Å². The fourth-order valence-electron chi connectivity index (χ4n) is 2.08. The largest absolute Gasteiger partial charge is 0.489 e. The van der Waals surface area contributed by atoms with Gasteiger partial charge in [-0.2, -0.15) is 0 Å². The van der Waals surface area contributed by atoms with Crippen LogP contribution in [0, 0.1) is 0 Å². The lowest BCUT2D eigenvalue weighted by atomic mass is 10.1. The molecule has 0 spiro atoms. The lowest BCUT2D eigenvalue weighted by Crippen LogP contribution is -2.31. The topological polar surface area (TPSA) is 64.6 Å². The van der Waals surface area contributed by atoms with E-state index in [2.05, 4.69) is 10.1 Å². The Kier molecular flexibility index (Phi) is 4.16. The van der Waals surface area contributed by atoms with Crippen molar-refractivity contribution in [2.75, 3.05) is 13.7 Å². The fraction of sp³-hybridized carbons (Fsp3) is 0.429. The van der Waals surface area contributed by atoms with E-state index in [-0.39, 0.29) is 23.9 Å². The smallest absolute Gasteiger partial charge is 0.323 e. The first-order chi connectivity index (χ1) is 9.10. The normalized spacial score (nSPS) is 22.0. The van der Waals surface area contributed by atoms with Crippen molar-refractivity contribution in [3.05, 3.63) is 29.8 Å². The van der Waals surface area contributed by atoms with Crippen LogP contribution in [-0.2, 0) is 9.53 Å². The molecule has 0 aromatic heterocycles. The quantitative estimate of drug-likeness (QED) is 0.652. The summed E-state index contributed by atoms with van der Waals surface area (Å²) in [5.74, 6) is 0.459. The second-order valence-electron chi connectivity index (χ2n) is 4.54. The number of benzene rings is 1. The first kappa shape index (κ1) is 13.5. The fourth-order valence-corrected chi connectivity index (χ4v) is 2.08. The van der Waals surface area contributed by atoms with Gasteiger partial charge in [0.1, 0.15) is 17.9 Å². The number of esters is 1. The molecule has 5 nitrogen and oxygen atoms in total. The molecule has 0 amide bonds. The van der Waals surface area contributed by atoms with E-state index < -0.39 is 0 Å². The predicted octanol–water partition coefficient (Wildman–Crippen LogP) is 1.17. The molecule has 2 atom stereocenters. The van der Waals surface area contributed by atoms with Gasteiger partial charge < -0.3 is 14.8 Å². The molecule has 1 saturated heterocycles. The number of nitrogens with one attached hydrogen (secondary N) is 1. The molecule has 5 heteroatoms. The molecule has 1 N–H and O–H groups in total. The van der Waals surface area contributed by atoms with Crippen LogP contribution < -0.4 is 10.1 Å². The van der Waals surface area contributed by atoms with Crippen LogP contribution in [0.3, 0.4) is 0 Å². The SMILES string of the molecule is COC(=O)C1CC(Oc2ccc(C(C)=O)cc2)CN1. The number of Topliss-reactive ketones (excluding diaryl/α,β-unsaturated/α-hetero) is 1. The molecule has 1 fully saturated rings. The maximum atomic E-state index is 11.4. The minimum Gasteiger partial charge on any atom is -0.489 e. The van der Waals surface area contributed by atoms with Crippen molar-refractivity contribution in [1.82, 2.24) is 5.32 Å². The van der Waals surface area contributed by atoms with Gasteiger partial charge in [-0.3, -0.25) is 9.59 Å². The molecule has 0 bridgehead atoms. The van der Waals surface area contributed by atoms with Gasteiger partial charge in [0.2, 0.25) is 0 Å². The molecule has 2 rings (SSSR count). The molecule has 1 aliphatic heterocycles. The number of hydrogen-bond donors (Lipinski definition) is 1. The first-order valence-electron chi connectivity index (χ1n) is 6.19. The Morgan fingerprint density at radius 1 is 1.26 bits per heavy atom. The van der Waals surface area contributed by atoms with Crippen molar-refractivity contribution < 1.29 is 19.1 Å². The van der Waals surface area contributed by atoms with Gasteiger partial charge in [-0.25, -0.2) is 0 Å². The van der Waals surface area contributed by atoms with Gasteiger partial charge >= 0.3 is 5.97 Å². The molecule has 0 aliphatic carbocycles. The predicted molar refractivity (Wildman–Crippen MR) is 69.3 cm³/mol. The zero-order valence-corrected chi connectivity index (χ0v) is 11.0. The van der Waals surface area contributed by atoms with Crippen molar-refractivity contribution in [2.24, 2.45) is 0 Å². The third-order valence-corrected chi connectivity index (χ3v) is 3.14. The van der Waals surface area contributed by atoms with Gasteiger partial charge in [0.25, 0.3) is 0 Å². The van der Waals surface area contributed by atoms with Gasteiger partial charge in [0.15, 0.2) is 5.78 Å². The molecule has 0 saturated carbocycles. The van der Waals surface area contributed by atoms with E-state index in [1.54, 1.807) is 24.3 Å². The summed E-state index contributed by atoms with van der Waals surface area (Å²) < 4.78 is 10.4. The van der Waals surface area contributed by atoms with E-state index >= 15 is 0 Å². The maximum Gasteiger partial charge on any atom is 0.323 e. The Balaban J connectivity index is 1.92. The second-order valence-corrected chi connectivity index (χ2v) is 4.54. The number of methoxy groups -OCH3 is 1. The van der Waals surface area contributed by atoms with Crippen LogP contribution >= 0.6 is 0 Å². The third-order valence-electron chi connectivity index (χ3n) is 3.14. The number of ether oxygens (including phenoxy) is 2. The van der Waals surface area contributed by atoms with Crippen LogP contribution in [0.1, 0.15) is 23.7 Å². The minimum atomic E-state index is -0.300. The van der Waals surface area contributed by atoms with Crippen LogP contribution in [0.15, 0.2) is 24.3 Å². The number of hydrogen-bond acceptors (Lipinski definition) is 5. The van der Waals surface area contributed by atoms with Crippen LogP contribution in [0.25, 0.3) is 0 Å². The molecule has 1 aromatic carbocycles. The summed E-state index contributed by atoms with van der Waals surface area (Å²) in [7, 11) is 1.37. The van der Waals surface area contributed by atoms with Crippen LogP contribution in [0.5, 0.6) is 5.75 Å². The Morgan fingerprint density at radius 2 is 1.95 bits per heavy atom. The van der Waals surface area contributed by atoms with Crippen LogP contribution in [-0.4, -0.2) is 37.6 Å². The summed E-state index contributed by atoms with van der Waals surface area (Å²) in [5, 5.41) is 3.05. The molecule has 1 aliphatic rings. The van der Waals surface area contributed by atoms with Crippen molar-refractivity contribution in [3.8, 4) is 5.75 Å².